The van der Waals surface area contributed by atoms with E-state index in [1.807, 2.05) is 60.8 Å². The maximum Gasteiger partial charge on any atom is 0.238 e. The number of thiazole rings is 1. The third-order valence-electron chi connectivity index (χ3n) is 5.38. The lowest BCUT2D eigenvalue weighted by Gasteiger charge is -2.34. The average molecular weight is 432 g/mol. The van der Waals surface area contributed by atoms with Gasteiger partial charge in [0.15, 0.2) is 0 Å². The number of amides is 1. The summed E-state index contributed by atoms with van der Waals surface area (Å²) in [5.74, 6) is 0.00662. The Hall–Kier alpha value is -3.05. The molecular weight excluding hydrogens is 406 g/mol. The van der Waals surface area contributed by atoms with Gasteiger partial charge >= 0.3 is 0 Å². The van der Waals surface area contributed by atoms with Crippen LogP contribution in [0.25, 0.3) is 11.3 Å². The summed E-state index contributed by atoms with van der Waals surface area (Å²) in [6.45, 7) is 6.82. The first-order valence-corrected chi connectivity index (χ1v) is 11.2. The molecule has 3 aromatic rings. The smallest absolute Gasteiger partial charge is 0.238 e. The van der Waals surface area contributed by atoms with Gasteiger partial charge in [-0.1, -0.05) is 24.3 Å². The van der Waals surface area contributed by atoms with Crippen LogP contribution in [0.4, 0.5) is 5.69 Å². The minimum absolute atomic E-state index is 0.00662. The lowest BCUT2D eigenvalue weighted by Crippen LogP contribution is -2.48. The van der Waals surface area contributed by atoms with Gasteiger partial charge in [0.1, 0.15) is 0 Å². The molecule has 1 amide bonds. The van der Waals surface area contributed by atoms with Crippen molar-refractivity contribution in [1.82, 2.24) is 14.8 Å². The predicted molar refractivity (Wildman–Crippen MR) is 124 cm³/mol. The van der Waals surface area contributed by atoms with Gasteiger partial charge in [-0.15, -0.1) is 11.3 Å². The van der Waals surface area contributed by atoms with Crippen LogP contribution in [0.3, 0.4) is 0 Å². The Kier molecular flexibility index (Phi) is 6.73. The number of piperazine rings is 1. The number of hydrogen-bond donors (Lipinski definition) is 1. The number of aryl methyl sites for hydroxylation is 1. The molecule has 4 rings (SSSR count). The quantitative estimate of drug-likeness (QED) is 0.644. The van der Waals surface area contributed by atoms with Gasteiger partial charge in [0.2, 0.25) is 5.91 Å². The van der Waals surface area contributed by atoms with Crippen molar-refractivity contribution in [3.8, 4) is 17.3 Å². The summed E-state index contributed by atoms with van der Waals surface area (Å²) >= 11 is 1.62. The second-order valence-corrected chi connectivity index (χ2v) is 8.80. The highest BCUT2D eigenvalue weighted by molar-refractivity contribution is 7.09. The first-order valence-electron chi connectivity index (χ1n) is 10.4. The first-order chi connectivity index (χ1) is 15.1. The summed E-state index contributed by atoms with van der Waals surface area (Å²) in [6.07, 6.45) is 0. The number of nitrogens with one attached hydrogen (secondary N) is 1. The second kappa shape index (κ2) is 9.84. The Bertz CT molecular complexity index is 1080. The highest BCUT2D eigenvalue weighted by atomic mass is 32.1. The van der Waals surface area contributed by atoms with Crippen LogP contribution < -0.4 is 5.32 Å². The molecule has 1 N–H and O–H groups in total. The lowest BCUT2D eigenvalue weighted by molar-refractivity contribution is -0.117. The maximum atomic E-state index is 12.6. The van der Waals surface area contributed by atoms with Gasteiger partial charge in [-0.3, -0.25) is 14.6 Å². The van der Waals surface area contributed by atoms with Crippen LogP contribution in [0.2, 0.25) is 0 Å². The largest absolute Gasteiger partial charge is 0.325 e. The molecule has 0 radical (unpaired) electrons. The Morgan fingerprint density at radius 2 is 1.87 bits per heavy atom. The van der Waals surface area contributed by atoms with Gasteiger partial charge in [-0.2, -0.15) is 5.26 Å². The summed E-state index contributed by atoms with van der Waals surface area (Å²) in [6, 6.07) is 17.7. The number of nitrogens with zero attached hydrogens (tertiary/aromatic N) is 4. The summed E-state index contributed by atoms with van der Waals surface area (Å²) in [4.78, 5) is 21.7. The van der Waals surface area contributed by atoms with E-state index in [0.717, 1.165) is 54.7 Å². The fourth-order valence-corrected chi connectivity index (χ4v) is 4.33. The minimum atomic E-state index is 0.00662. The van der Waals surface area contributed by atoms with Crippen LogP contribution in [0.5, 0.6) is 0 Å². The van der Waals surface area contributed by atoms with E-state index in [4.69, 9.17) is 5.26 Å². The molecular formula is C24H25N5OS. The Balaban J connectivity index is 1.25. The van der Waals surface area contributed by atoms with Crippen molar-refractivity contribution in [2.45, 2.75) is 13.5 Å². The number of carbonyl (C=O) groups excluding carboxylic acids is 1. The summed E-state index contributed by atoms with van der Waals surface area (Å²) < 4.78 is 0. The van der Waals surface area contributed by atoms with Gasteiger partial charge in [-0.25, -0.2) is 4.98 Å². The van der Waals surface area contributed by atoms with Crippen LogP contribution in [0.1, 0.15) is 16.1 Å². The third kappa shape index (κ3) is 5.76. The maximum absolute atomic E-state index is 12.6. The van der Waals surface area contributed by atoms with E-state index >= 15 is 0 Å². The number of rotatable bonds is 6. The van der Waals surface area contributed by atoms with Gasteiger partial charge in [0.25, 0.3) is 0 Å². The molecule has 7 heteroatoms. The van der Waals surface area contributed by atoms with Crippen LogP contribution in [0.15, 0.2) is 53.9 Å². The zero-order chi connectivity index (χ0) is 21.6. The molecule has 1 saturated heterocycles. The van der Waals surface area contributed by atoms with Crippen molar-refractivity contribution < 1.29 is 4.79 Å². The van der Waals surface area contributed by atoms with Gasteiger partial charge in [0, 0.05) is 49.4 Å². The molecule has 0 spiro atoms. The monoisotopic (exact) mass is 431 g/mol. The van der Waals surface area contributed by atoms with Gasteiger partial charge in [0.05, 0.1) is 28.9 Å². The molecule has 0 atom stereocenters. The average Bonchev–Trinajstić information content (AvgIpc) is 3.22. The molecule has 2 heterocycles. The molecule has 1 fully saturated rings. The van der Waals surface area contributed by atoms with Crippen molar-refractivity contribution in [2.75, 3.05) is 38.0 Å². The standard InChI is InChI=1S/C24H25N5OS/c1-18-26-23(17-31-18)21-3-2-4-22(13-21)27-24(30)16-29-11-9-28(10-12-29)15-20-7-5-19(14-25)6-8-20/h2-8,13,17H,9-12,15-16H2,1H3,(H,27,30). The number of hydrogen-bond acceptors (Lipinski definition) is 6. The topological polar surface area (TPSA) is 72.3 Å². The lowest BCUT2D eigenvalue weighted by atomic mass is 10.1. The van der Waals surface area contributed by atoms with E-state index < -0.39 is 0 Å². The molecule has 6 nitrogen and oxygen atoms in total. The first kappa shape index (κ1) is 21.2. The molecule has 1 aliphatic rings. The number of benzene rings is 2. The molecule has 158 valence electrons. The van der Waals surface area contributed by atoms with Crippen LogP contribution in [0, 0.1) is 18.3 Å². The van der Waals surface area contributed by atoms with E-state index in [2.05, 4.69) is 26.2 Å². The van der Waals surface area contributed by atoms with Crippen molar-refractivity contribution in [3.05, 3.63) is 70.0 Å². The van der Waals surface area contributed by atoms with Crippen LogP contribution in [-0.2, 0) is 11.3 Å². The SMILES string of the molecule is Cc1nc(-c2cccc(NC(=O)CN3CCN(Cc4ccc(C#N)cc4)CC3)c2)cs1. The minimum Gasteiger partial charge on any atom is -0.325 e. The van der Waals surface area contributed by atoms with E-state index in [-0.39, 0.29) is 5.91 Å². The molecule has 0 saturated carbocycles. The molecule has 0 aliphatic carbocycles. The molecule has 2 aromatic carbocycles. The van der Waals surface area contributed by atoms with Crippen LogP contribution >= 0.6 is 11.3 Å². The van der Waals surface area contributed by atoms with E-state index in [0.29, 0.717) is 12.1 Å². The number of carbonyl (C=O) groups is 1. The van der Waals surface area contributed by atoms with Gasteiger partial charge in [-0.05, 0) is 36.8 Å². The molecule has 1 aromatic heterocycles. The Labute approximate surface area is 186 Å². The predicted octanol–water partition coefficient (Wildman–Crippen LogP) is 3.75. The number of anilines is 1. The number of aromatic nitrogens is 1. The highest BCUT2D eigenvalue weighted by Gasteiger charge is 2.19. The molecule has 31 heavy (non-hydrogen) atoms. The summed E-state index contributed by atoms with van der Waals surface area (Å²) in [7, 11) is 0. The highest BCUT2D eigenvalue weighted by Crippen LogP contribution is 2.24. The fraction of sp³-hybridized carbons (Fsp3) is 0.292. The molecule has 1 aliphatic heterocycles. The van der Waals surface area contributed by atoms with E-state index in [9.17, 15) is 4.79 Å². The molecule has 0 unspecified atom stereocenters. The zero-order valence-electron chi connectivity index (χ0n) is 17.5. The van der Waals surface area contributed by atoms with E-state index in [1.165, 1.54) is 5.56 Å². The summed E-state index contributed by atoms with van der Waals surface area (Å²) in [5, 5.41) is 15.0. The van der Waals surface area contributed by atoms with Crippen molar-refractivity contribution in [1.29, 1.82) is 5.26 Å². The Morgan fingerprint density at radius 1 is 1.13 bits per heavy atom. The van der Waals surface area contributed by atoms with Crippen molar-refractivity contribution in [3.63, 3.8) is 0 Å². The second-order valence-electron chi connectivity index (χ2n) is 7.74. The Morgan fingerprint density at radius 3 is 2.55 bits per heavy atom. The van der Waals surface area contributed by atoms with Crippen LogP contribution in [-0.4, -0.2) is 53.4 Å². The fourth-order valence-electron chi connectivity index (χ4n) is 3.70. The molecule has 0 bridgehead atoms. The van der Waals surface area contributed by atoms with Crippen molar-refractivity contribution in [2.24, 2.45) is 0 Å². The summed E-state index contributed by atoms with van der Waals surface area (Å²) in [5.41, 5.74) is 4.65. The third-order valence-corrected chi connectivity index (χ3v) is 6.16. The van der Waals surface area contributed by atoms with E-state index in [1.54, 1.807) is 11.3 Å². The number of nitriles is 1. The zero-order valence-corrected chi connectivity index (χ0v) is 18.4. The normalized spacial score (nSPS) is 14.8. The van der Waals surface area contributed by atoms with Crippen molar-refractivity contribution >= 4 is 22.9 Å². The van der Waals surface area contributed by atoms with Gasteiger partial charge < -0.3 is 5.32 Å².